The maximum Gasteiger partial charge on any atom is 0.250 e. The lowest BCUT2D eigenvalue weighted by molar-refractivity contribution is 0.564. The Balaban J connectivity index is 2.17. The Bertz CT molecular complexity index is 691. The highest BCUT2D eigenvalue weighted by atomic mass is 32.2. The quantitative estimate of drug-likeness (QED) is 0.802. The highest BCUT2D eigenvalue weighted by Gasteiger charge is 2.32. The first kappa shape index (κ1) is 15.9. The number of hydrogen-bond acceptors (Lipinski definition) is 6. The summed E-state index contributed by atoms with van der Waals surface area (Å²) in [5.74, 6) is -0.0609. The van der Waals surface area contributed by atoms with Gasteiger partial charge in [0.15, 0.2) is 9.84 Å². The van der Waals surface area contributed by atoms with Crippen molar-refractivity contribution in [1.29, 1.82) is 0 Å². The standard InChI is InChI=1S/C11H18N2O4S3/c1-8-5-11(18-10(8)6-12-2)20(16,17)13-9-3-4-19(14,15)7-9/h5,9,12-13H,3-4,6-7H2,1-2H3. The molecule has 1 saturated heterocycles. The zero-order valence-electron chi connectivity index (χ0n) is 11.3. The lowest BCUT2D eigenvalue weighted by Crippen LogP contribution is -2.35. The van der Waals surface area contributed by atoms with Gasteiger partial charge in [-0.25, -0.2) is 21.6 Å². The molecule has 1 aromatic heterocycles. The van der Waals surface area contributed by atoms with Crippen LogP contribution >= 0.6 is 11.3 Å². The van der Waals surface area contributed by atoms with Crippen LogP contribution in [0.5, 0.6) is 0 Å². The smallest absolute Gasteiger partial charge is 0.250 e. The Kier molecular flexibility index (Phi) is 4.55. The molecule has 9 heteroatoms. The van der Waals surface area contributed by atoms with E-state index < -0.39 is 25.9 Å². The molecule has 0 spiro atoms. The van der Waals surface area contributed by atoms with E-state index in [0.29, 0.717) is 13.0 Å². The van der Waals surface area contributed by atoms with Gasteiger partial charge in [0.05, 0.1) is 11.5 Å². The topological polar surface area (TPSA) is 92.3 Å². The fourth-order valence-electron chi connectivity index (χ4n) is 2.12. The van der Waals surface area contributed by atoms with Gasteiger partial charge in [-0.15, -0.1) is 11.3 Å². The SMILES string of the molecule is CNCc1sc(S(=O)(=O)NC2CCS(=O)(=O)C2)cc1C. The van der Waals surface area contributed by atoms with Crippen LogP contribution in [-0.4, -0.2) is 41.4 Å². The molecule has 1 fully saturated rings. The third-order valence-electron chi connectivity index (χ3n) is 3.15. The number of thiophene rings is 1. The van der Waals surface area contributed by atoms with Gasteiger partial charge in [0.2, 0.25) is 10.0 Å². The average Bonchev–Trinajstić information content (AvgIpc) is 2.83. The maximum absolute atomic E-state index is 12.3. The first-order chi connectivity index (χ1) is 9.23. The fourth-order valence-corrected chi connectivity index (χ4v) is 6.79. The molecule has 1 aliphatic rings. The summed E-state index contributed by atoms with van der Waals surface area (Å²) < 4.78 is 50.0. The second-order valence-corrected chi connectivity index (χ2v) is 10.2. The highest BCUT2D eigenvalue weighted by Crippen LogP contribution is 2.26. The predicted octanol–water partition coefficient (Wildman–Crippen LogP) is 0.241. The van der Waals surface area contributed by atoms with Crippen molar-refractivity contribution >= 4 is 31.2 Å². The van der Waals surface area contributed by atoms with E-state index in [4.69, 9.17) is 0 Å². The van der Waals surface area contributed by atoms with E-state index >= 15 is 0 Å². The highest BCUT2D eigenvalue weighted by molar-refractivity contribution is 7.92. The maximum atomic E-state index is 12.3. The van der Waals surface area contributed by atoms with E-state index in [2.05, 4.69) is 10.0 Å². The summed E-state index contributed by atoms with van der Waals surface area (Å²) >= 11 is 1.21. The van der Waals surface area contributed by atoms with E-state index in [1.165, 1.54) is 11.3 Å². The van der Waals surface area contributed by atoms with Crippen molar-refractivity contribution in [2.24, 2.45) is 0 Å². The van der Waals surface area contributed by atoms with Gasteiger partial charge in [-0.3, -0.25) is 0 Å². The van der Waals surface area contributed by atoms with Crippen molar-refractivity contribution in [2.75, 3.05) is 18.6 Å². The summed E-state index contributed by atoms with van der Waals surface area (Å²) in [6.07, 6.45) is 0.343. The van der Waals surface area contributed by atoms with Crippen molar-refractivity contribution in [3.8, 4) is 0 Å². The van der Waals surface area contributed by atoms with Crippen LogP contribution in [0.4, 0.5) is 0 Å². The van der Waals surface area contributed by atoms with E-state index in [1.807, 2.05) is 6.92 Å². The normalized spacial score (nSPS) is 22.2. The minimum absolute atomic E-state index is 0.0503. The number of sulfonamides is 1. The number of sulfone groups is 1. The Morgan fingerprint density at radius 2 is 2.15 bits per heavy atom. The zero-order chi connectivity index (χ0) is 15.0. The van der Waals surface area contributed by atoms with Crippen LogP contribution in [-0.2, 0) is 26.4 Å². The fraction of sp³-hybridized carbons (Fsp3) is 0.636. The molecule has 0 radical (unpaired) electrons. The zero-order valence-corrected chi connectivity index (χ0v) is 13.8. The molecule has 0 bridgehead atoms. The van der Waals surface area contributed by atoms with Crippen LogP contribution in [0.15, 0.2) is 10.3 Å². The van der Waals surface area contributed by atoms with E-state index in [0.717, 1.165) is 10.4 Å². The van der Waals surface area contributed by atoms with Gasteiger partial charge in [0.1, 0.15) is 4.21 Å². The van der Waals surface area contributed by atoms with Crippen molar-refractivity contribution in [1.82, 2.24) is 10.0 Å². The van der Waals surface area contributed by atoms with Crippen molar-refractivity contribution in [3.05, 3.63) is 16.5 Å². The largest absolute Gasteiger partial charge is 0.315 e. The van der Waals surface area contributed by atoms with Gasteiger partial charge in [-0.05, 0) is 32.0 Å². The number of nitrogens with one attached hydrogen (secondary N) is 2. The van der Waals surface area contributed by atoms with Crippen LogP contribution in [0.25, 0.3) is 0 Å². The first-order valence-corrected chi connectivity index (χ1v) is 10.3. The lowest BCUT2D eigenvalue weighted by atomic mass is 10.3. The molecule has 114 valence electrons. The van der Waals surface area contributed by atoms with Gasteiger partial charge >= 0.3 is 0 Å². The minimum Gasteiger partial charge on any atom is -0.315 e. The molecule has 0 saturated carbocycles. The number of aryl methyl sites for hydroxylation is 1. The monoisotopic (exact) mass is 338 g/mol. The van der Waals surface area contributed by atoms with Crippen LogP contribution in [0.1, 0.15) is 16.9 Å². The summed E-state index contributed by atoms with van der Waals surface area (Å²) in [5, 5.41) is 2.99. The molecule has 1 aliphatic heterocycles. The Morgan fingerprint density at radius 3 is 2.70 bits per heavy atom. The van der Waals surface area contributed by atoms with Crippen molar-refractivity contribution in [3.63, 3.8) is 0 Å². The molecule has 1 unspecified atom stereocenters. The third kappa shape index (κ3) is 3.59. The molecule has 20 heavy (non-hydrogen) atoms. The van der Waals surface area contributed by atoms with Gasteiger partial charge < -0.3 is 5.32 Å². The Morgan fingerprint density at radius 1 is 1.45 bits per heavy atom. The molecule has 0 amide bonds. The predicted molar refractivity (Wildman–Crippen MR) is 79.2 cm³/mol. The molecule has 2 rings (SSSR count). The summed E-state index contributed by atoms with van der Waals surface area (Å²) in [5.41, 5.74) is 0.920. The summed E-state index contributed by atoms with van der Waals surface area (Å²) in [4.78, 5) is 0.965. The van der Waals surface area contributed by atoms with Crippen LogP contribution in [0.3, 0.4) is 0 Å². The molecule has 6 nitrogen and oxygen atoms in total. The number of rotatable bonds is 5. The molecule has 0 aliphatic carbocycles. The lowest BCUT2D eigenvalue weighted by Gasteiger charge is -2.09. The van der Waals surface area contributed by atoms with Gasteiger partial charge in [0.25, 0.3) is 0 Å². The minimum atomic E-state index is -3.64. The summed E-state index contributed by atoms with van der Waals surface area (Å²) in [6.45, 7) is 2.48. The third-order valence-corrected chi connectivity index (χ3v) is 8.15. The Hall–Kier alpha value is -0.480. The molecule has 0 aromatic carbocycles. The Labute approximate surface area is 123 Å². The van der Waals surface area contributed by atoms with Crippen LogP contribution in [0, 0.1) is 6.92 Å². The molecule has 1 atom stereocenters. The molecule has 1 aromatic rings. The van der Waals surface area contributed by atoms with E-state index in [-0.39, 0.29) is 15.7 Å². The van der Waals surface area contributed by atoms with Crippen molar-refractivity contribution in [2.45, 2.75) is 30.1 Å². The first-order valence-electron chi connectivity index (χ1n) is 6.20. The second kappa shape index (κ2) is 5.72. The summed E-state index contributed by atoms with van der Waals surface area (Å²) in [6, 6.07) is 1.11. The molecular weight excluding hydrogens is 320 g/mol. The average molecular weight is 338 g/mol. The molecule has 2 heterocycles. The van der Waals surface area contributed by atoms with Crippen molar-refractivity contribution < 1.29 is 16.8 Å². The second-order valence-electron chi connectivity index (χ2n) is 4.92. The van der Waals surface area contributed by atoms with Crippen LogP contribution in [0.2, 0.25) is 0 Å². The number of hydrogen-bond donors (Lipinski definition) is 2. The van der Waals surface area contributed by atoms with Gasteiger partial charge in [-0.1, -0.05) is 0 Å². The summed E-state index contributed by atoms with van der Waals surface area (Å²) in [7, 11) is -4.93. The molecule has 2 N–H and O–H groups in total. The van der Waals surface area contributed by atoms with E-state index in [9.17, 15) is 16.8 Å². The van der Waals surface area contributed by atoms with Gasteiger partial charge in [-0.2, -0.15) is 0 Å². The van der Waals surface area contributed by atoms with E-state index in [1.54, 1.807) is 13.1 Å². The van der Waals surface area contributed by atoms with Gasteiger partial charge in [0, 0.05) is 17.5 Å². The molecular formula is C11H18N2O4S3. The van der Waals surface area contributed by atoms with Crippen LogP contribution < -0.4 is 10.0 Å².